The highest BCUT2D eigenvalue weighted by molar-refractivity contribution is 7.93. The summed E-state index contributed by atoms with van der Waals surface area (Å²) >= 11 is 1.12. The predicted octanol–water partition coefficient (Wildman–Crippen LogP) is 5.10. The van der Waals surface area contributed by atoms with E-state index in [1.165, 1.54) is 12.1 Å². The maximum Gasteiger partial charge on any atom is 0.266 e. The summed E-state index contributed by atoms with van der Waals surface area (Å²) in [5, 5.41) is 15.4. The Bertz CT molecular complexity index is 1340. The standard InChI is InChI=1S/C21H21FN6O2S2/c1-13(2)20-25-26-21(31-20)27-32(29,30)18-8-7-16(12-17(18)22)28(19-9-10-23-24-19)15-6-4-5-14(3)11-15/h4-13H,1-3H3,(H,23,24)(H,26,27). The Kier molecular flexibility index (Phi) is 5.94. The summed E-state index contributed by atoms with van der Waals surface area (Å²) in [5.41, 5.74) is 2.24. The molecule has 2 aromatic carbocycles. The number of sulfonamides is 1. The molecule has 166 valence electrons. The second-order valence-electron chi connectivity index (χ2n) is 7.44. The van der Waals surface area contributed by atoms with E-state index in [2.05, 4.69) is 25.1 Å². The number of benzene rings is 2. The van der Waals surface area contributed by atoms with E-state index >= 15 is 4.39 Å². The molecule has 0 bridgehead atoms. The maximum atomic E-state index is 15.1. The summed E-state index contributed by atoms with van der Waals surface area (Å²) in [6.45, 7) is 5.81. The molecule has 0 radical (unpaired) electrons. The highest BCUT2D eigenvalue weighted by Gasteiger charge is 2.23. The summed E-state index contributed by atoms with van der Waals surface area (Å²) < 4.78 is 43.0. The minimum Gasteiger partial charge on any atom is -0.295 e. The normalized spacial score (nSPS) is 11.7. The second kappa shape index (κ2) is 8.67. The number of nitrogens with zero attached hydrogens (tertiary/aromatic N) is 4. The minimum atomic E-state index is -4.18. The fourth-order valence-electron chi connectivity index (χ4n) is 3.09. The predicted molar refractivity (Wildman–Crippen MR) is 123 cm³/mol. The average molecular weight is 473 g/mol. The first kappa shape index (κ1) is 21.9. The van der Waals surface area contributed by atoms with Crippen molar-refractivity contribution < 1.29 is 12.8 Å². The molecular formula is C21H21FN6O2S2. The first-order valence-electron chi connectivity index (χ1n) is 9.76. The fraction of sp³-hybridized carbons (Fsp3) is 0.190. The zero-order valence-electron chi connectivity index (χ0n) is 17.6. The van der Waals surface area contributed by atoms with Gasteiger partial charge in [-0.2, -0.15) is 5.10 Å². The molecule has 0 fully saturated rings. The molecule has 2 aromatic heterocycles. The summed E-state index contributed by atoms with van der Waals surface area (Å²) in [6, 6.07) is 13.4. The molecule has 0 aliphatic rings. The quantitative estimate of drug-likeness (QED) is 0.388. The zero-order chi connectivity index (χ0) is 22.9. The van der Waals surface area contributed by atoms with Gasteiger partial charge in [-0.25, -0.2) is 12.8 Å². The van der Waals surface area contributed by atoms with E-state index in [9.17, 15) is 8.42 Å². The van der Waals surface area contributed by atoms with E-state index in [1.54, 1.807) is 23.2 Å². The first-order valence-corrected chi connectivity index (χ1v) is 12.1. The van der Waals surface area contributed by atoms with Crippen molar-refractivity contribution in [3.8, 4) is 0 Å². The molecule has 0 unspecified atom stereocenters. The smallest absolute Gasteiger partial charge is 0.266 e. The van der Waals surface area contributed by atoms with Crippen molar-refractivity contribution in [2.75, 3.05) is 9.62 Å². The molecule has 11 heteroatoms. The van der Waals surface area contributed by atoms with Crippen LogP contribution in [0.4, 0.5) is 26.7 Å². The molecular weight excluding hydrogens is 451 g/mol. The van der Waals surface area contributed by atoms with Crippen molar-refractivity contribution in [2.45, 2.75) is 31.6 Å². The number of aromatic amines is 1. The lowest BCUT2D eigenvalue weighted by Gasteiger charge is -2.24. The number of hydrogen-bond acceptors (Lipinski definition) is 7. The highest BCUT2D eigenvalue weighted by atomic mass is 32.2. The van der Waals surface area contributed by atoms with Crippen molar-refractivity contribution in [3.05, 3.63) is 71.1 Å². The van der Waals surface area contributed by atoms with Gasteiger partial charge in [0.1, 0.15) is 21.5 Å². The number of hydrogen-bond donors (Lipinski definition) is 2. The molecule has 32 heavy (non-hydrogen) atoms. The van der Waals surface area contributed by atoms with Crippen molar-refractivity contribution >= 4 is 43.7 Å². The minimum absolute atomic E-state index is 0.0935. The highest BCUT2D eigenvalue weighted by Crippen LogP contribution is 2.35. The van der Waals surface area contributed by atoms with E-state index < -0.39 is 20.7 Å². The molecule has 0 aliphatic heterocycles. The molecule has 4 aromatic rings. The van der Waals surface area contributed by atoms with Gasteiger partial charge in [-0.15, -0.1) is 10.2 Å². The van der Waals surface area contributed by atoms with Crippen LogP contribution in [-0.2, 0) is 10.0 Å². The van der Waals surface area contributed by atoms with Gasteiger partial charge in [0.2, 0.25) is 5.13 Å². The van der Waals surface area contributed by atoms with Crippen LogP contribution in [0.15, 0.2) is 59.6 Å². The van der Waals surface area contributed by atoms with E-state index in [1.807, 2.05) is 45.0 Å². The first-order chi connectivity index (χ1) is 15.2. The SMILES string of the molecule is Cc1cccc(N(c2ccc(S(=O)(=O)Nc3nnc(C(C)C)s3)c(F)c2)c2ccn[nH]2)c1. The zero-order valence-corrected chi connectivity index (χ0v) is 19.2. The third kappa shape index (κ3) is 4.48. The average Bonchev–Trinajstić information content (AvgIpc) is 3.40. The van der Waals surface area contributed by atoms with Gasteiger partial charge >= 0.3 is 0 Å². The molecule has 8 nitrogen and oxygen atoms in total. The Labute approximate surface area is 189 Å². The topological polar surface area (TPSA) is 104 Å². The van der Waals surface area contributed by atoms with Gasteiger partial charge in [-0.3, -0.25) is 14.7 Å². The Balaban J connectivity index is 1.69. The lowest BCUT2D eigenvalue weighted by molar-refractivity contribution is 0.570. The molecule has 4 rings (SSSR count). The Morgan fingerprint density at radius 2 is 1.88 bits per heavy atom. The number of halogens is 1. The number of anilines is 4. The molecule has 0 saturated carbocycles. The maximum absolute atomic E-state index is 15.1. The number of nitrogens with one attached hydrogen (secondary N) is 2. The van der Waals surface area contributed by atoms with E-state index in [0.29, 0.717) is 16.5 Å². The summed E-state index contributed by atoms with van der Waals surface area (Å²) in [4.78, 5) is 1.28. The van der Waals surface area contributed by atoms with Gasteiger partial charge in [0.05, 0.1) is 11.9 Å². The van der Waals surface area contributed by atoms with E-state index in [0.717, 1.165) is 22.6 Å². The van der Waals surface area contributed by atoms with Crippen molar-refractivity contribution in [1.29, 1.82) is 0 Å². The van der Waals surface area contributed by atoms with Crippen molar-refractivity contribution in [1.82, 2.24) is 20.4 Å². The number of aryl methyl sites for hydroxylation is 1. The second-order valence-corrected chi connectivity index (χ2v) is 10.1. The molecule has 0 atom stereocenters. The number of H-pyrrole nitrogens is 1. The summed E-state index contributed by atoms with van der Waals surface area (Å²) in [7, 11) is -4.18. The third-order valence-corrected chi connectivity index (χ3v) is 7.25. The summed E-state index contributed by atoms with van der Waals surface area (Å²) in [6.07, 6.45) is 1.59. The van der Waals surface area contributed by atoms with Gasteiger partial charge in [0.25, 0.3) is 10.0 Å². The Morgan fingerprint density at radius 1 is 1.09 bits per heavy atom. The van der Waals surface area contributed by atoms with Crippen LogP contribution in [0.25, 0.3) is 0 Å². The van der Waals surface area contributed by atoms with Gasteiger partial charge in [0.15, 0.2) is 0 Å². The van der Waals surface area contributed by atoms with Gasteiger partial charge in [0, 0.05) is 17.7 Å². The molecule has 2 N–H and O–H groups in total. The molecule has 2 heterocycles. The molecule has 0 aliphatic carbocycles. The largest absolute Gasteiger partial charge is 0.295 e. The fourth-order valence-corrected chi connectivity index (χ4v) is 5.13. The van der Waals surface area contributed by atoms with Crippen LogP contribution >= 0.6 is 11.3 Å². The van der Waals surface area contributed by atoms with E-state index in [4.69, 9.17) is 0 Å². The van der Waals surface area contributed by atoms with Crippen LogP contribution in [-0.4, -0.2) is 28.8 Å². The van der Waals surface area contributed by atoms with Crippen LogP contribution in [0, 0.1) is 12.7 Å². The summed E-state index contributed by atoms with van der Waals surface area (Å²) in [5.74, 6) is -0.170. The lowest BCUT2D eigenvalue weighted by atomic mass is 10.2. The third-order valence-electron chi connectivity index (χ3n) is 4.61. The van der Waals surface area contributed by atoms with Crippen molar-refractivity contribution in [2.24, 2.45) is 0 Å². The Hall–Kier alpha value is -3.31. The van der Waals surface area contributed by atoms with Crippen LogP contribution < -0.4 is 9.62 Å². The lowest BCUT2D eigenvalue weighted by Crippen LogP contribution is -2.16. The molecule has 0 saturated heterocycles. The van der Waals surface area contributed by atoms with Crippen molar-refractivity contribution in [3.63, 3.8) is 0 Å². The Morgan fingerprint density at radius 3 is 2.50 bits per heavy atom. The van der Waals surface area contributed by atoms with Crippen LogP contribution in [0.2, 0.25) is 0 Å². The molecule has 0 spiro atoms. The van der Waals surface area contributed by atoms with Crippen LogP contribution in [0.5, 0.6) is 0 Å². The molecule has 0 amide bonds. The van der Waals surface area contributed by atoms with Crippen LogP contribution in [0.3, 0.4) is 0 Å². The van der Waals surface area contributed by atoms with Crippen LogP contribution in [0.1, 0.15) is 30.3 Å². The van der Waals surface area contributed by atoms with Gasteiger partial charge in [-0.1, -0.05) is 37.3 Å². The number of aromatic nitrogens is 4. The monoisotopic (exact) mass is 472 g/mol. The van der Waals surface area contributed by atoms with Gasteiger partial charge in [-0.05, 0) is 42.8 Å². The number of rotatable bonds is 7. The van der Waals surface area contributed by atoms with Gasteiger partial charge < -0.3 is 0 Å². The van der Waals surface area contributed by atoms with E-state index in [-0.39, 0.29) is 11.0 Å².